The van der Waals surface area contributed by atoms with Gasteiger partial charge in [0.05, 0.1) is 30.0 Å². The first-order valence-electron chi connectivity index (χ1n) is 10.6. The lowest BCUT2D eigenvalue weighted by Crippen LogP contribution is -2.54. The van der Waals surface area contributed by atoms with Crippen molar-refractivity contribution in [2.75, 3.05) is 37.4 Å². The molecule has 2 aliphatic rings. The molecule has 1 saturated heterocycles. The monoisotopic (exact) mass is 452 g/mol. The number of benzene rings is 2. The van der Waals surface area contributed by atoms with Crippen molar-refractivity contribution in [3.05, 3.63) is 53.6 Å². The average Bonchev–Trinajstić information content (AvgIpc) is 3.05. The van der Waals surface area contributed by atoms with Crippen LogP contribution in [0.1, 0.15) is 33.6 Å². The molecule has 1 atom stereocenters. The molecule has 1 fully saturated rings. The van der Waals surface area contributed by atoms with Gasteiger partial charge in [0.15, 0.2) is 0 Å². The van der Waals surface area contributed by atoms with Crippen LogP contribution in [0.4, 0.5) is 11.4 Å². The smallest absolute Gasteiger partial charge is 0.264 e. The molecule has 2 aromatic carbocycles. The number of nitrogens with zero attached hydrogens (tertiary/aromatic N) is 1. The van der Waals surface area contributed by atoms with Crippen LogP contribution in [0.3, 0.4) is 0 Å². The standard InChI is InChI=1S/C23H24N4O6/c24-15-5-1-2-7-18(15)33-13-12-32-11-10-25-16-6-3-4-14-20(16)23(31)27(22(14)30)17-8-9-19(28)26-21(17)29/h1-7,17,25H,8-13,24H2,(H,26,28,29). The zero-order valence-electron chi connectivity index (χ0n) is 17.8. The van der Waals surface area contributed by atoms with Gasteiger partial charge in [-0.15, -0.1) is 0 Å². The summed E-state index contributed by atoms with van der Waals surface area (Å²) in [5.74, 6) is -1.54. The topological polar surface area (TPSA) is 140 Å². The van der Waals surface area contributed by atoms with Gasteiger partial charge in [-0.1, -0.05) is 18.2 Å². The highest BCUT2D eigenvalue weighted by molar-refractivity contribution is 6.25. The van der Waals surface area contributed by atoms with E-state index in [1.807, 2.05) is 12.1 Å². The summed E-state index contributed by atoms with van der Waals surface area (Å²) in [5.41, 5.74) is 7.30. The summed E-state index contributed by atoms with van der Waals surface area (Å²) in [5, 5.41) is 5.30. The van der Waals surface area contributed by atoms with Gasteiger partial charge in [-0.25, -0.2) is 0 Å². The van der Waals surface area contributed by atoms with E-state index in [0.717, 1.165) is 4.90 Å². The molecular formula is C23H24N4O6. The van der Waals surface area contributed by atoms with E-state index in [-0.39, 0.29) is 24.0 Å². The predicted molar refractivity (Wildman–Crippen MR) is 119 cm³/mol. The van der Waals surface area contributed by atoms with Gasteiger partial charge in [0, 0.05) is 18.7 Å². The maximum absolute atomic E-state index is 13.0. The van der Waals surface area contributed by atoms with Crippen molar-refractivity contribution in [2.45, 2.75) is 18.9 Å². The van der Waals surface area contributed by atoms with Gasteiger partial charge in [-0.05, 0) is 30.7 Å². The third-order valence-electron chi connectivity index (χ3n) is 5.43. The van der Waals surface area contributed by atoms with E-state index in [0.29, 0.717) is 43.5 Å². The number of carbonyl (C=O) groups is 4. The molecule has 0 radical (unpaired) electrons. The molecule has 0 aromatic heterocycles. The van der Waals surface area contributed by atoms with Crippen LogP contribution in [0.15, 0.2) is 42.5 Å². The van der Waals surface area contributed by atoms with Crippen molar-refractivity contribution in [3.8, 4) is 5.75 Å². The highest BCUT2D eigenvalue weighted by Crippen LogP contribution is 2.32. The maximum Gasteiger partial charge on any atom is 0.264 e. The molecule has 0 bridgehead atoms. The second-order valence-corrected chi connectivity index (χ2v) is 7.60. The summed E-state index contributed by atoms with van der Waals surface area (Å²) in [7, 11) is 0. The van der Waals surface area contributed by atoms with E-state index in [1.165, 1.54) is 0 Å². The Balaban J connectivity index is 1.30. The Labute approximate surface area is 190 Å². The second kappa shape index (κ2) is 9.70. The molecule has 0 aliphatic carbocycles. The van der Waals surface area contributed by atoms with E-state index in [4.69, 9.17) is 15.2 Å². The Morgan fingerprint density at radius 1 is 1.00 bits per heavy atom. The predicted octanol–water partition coefficient (Wildman–Crippen LogP) is 1.18. The molecule has 2 aliphatic heterocycles. The van der Waals surface area contributed by atoms with Crippen molar-refractivity contribution < 1.29 is 28.7 Å². The fourth-order valence-electron chi connectivity index (χ4n) is 3.84. The quantitative estimate of drug-likeness (QED) is 0.293. The lowest BCUT2D eigenvalue weighted by molar-refractivity contribution is -0.136. The van der Waals surface area contributed by atoms with Crippen LogP contribution in [0.25, 0.3) is 0 Å². The molecule has 2 heterocycles. The number of para-hydroxylation sites is 2. The van der Waals surface area contributed by atoms with E-state index in [2.05, 4.69) is 10.6 Å². The lowest BCUT2D eigenvalue weighted by Gasteiger charge is -2.27. The summed E-state index contributed by atoms with van der Waals surface area (Å²) in [6, 6.07) is 11.1. The van der Waals surface area contributed by atoms with Crippen LogP contribution < -0.4 is 21.1 Å². The van der Waals surface area contributed by atoms with E-state index in [1.54, 1.807) is 30.3 Å². The first-order valence-corrected chi connectivity index (χ1v) is 10.6. The molecule has 4 N–H and O–H groups in total. The van der Waals surface area contributed by atoms with Crippen molar-refractivity contribution >= 4 is 35.0 Å². The third kappa shape index (κ3) is 4.65. The first kappa shape index (κ1) is 22.3. The number of ether oxygens (including phenoxy) is 2. The Morgan fingerprint density at radius 3 is 2.61 bits per heavy atom. The summed E-state index contributed by atoms with van der Waals surface area (Å²) in [6.45, 7) is 1.42. The van der Waals surface area contributed by atoms with E-state index >= 15 is 0 Å². The van der Waals surface area contributed by atoms with E-state index in [9.17, 15) is 19.2 Å². The highest BCUT2D eigenvalue weighted by Gasteiger charge is 2.45. The molecule has 2 aromatic rings. The molecular weight excluding hydrogens is 428 g/mol. The summed E-state index contributed by atoms with van der Waals surface area (Å²) in [4.78, 5) is 50.4. The zero-order chi connectivity index (χ0) is 23.4. The van der Waals surface area contributed by atoms with Crippen LogP contribution in [-0.2, 0) is 14.3 Å². The van der Waals surface area contributed by atoms with Crippen LogP contribution in [0.5, 0.6) is 5.75 Å². The minimum absolute atomic E-state index is 0.0762. The van der Waals surface area contributed by atoms with Crippen molar-refractivity contribution in [2.24, 2.45) is 0 Å². The fraction of sp³-hybridized carbons (Fsp3) is 0.304. The minimum atomic E-state index is -0.995. The molecule has 10 heteroatoms. The number of piperidine rings is 1. The molecule has 10 nitrogen and oxygen atoms in total. The first-order chi connectivity index (χ1) is 16.0. The Hall–Kier alpha value is -3.92. The molecule has 172 valence electrons. The number of hydrogen-bond donors (Lipinski definition) is 3. The van der Waals surface area contributed by atoms with Gasteiger partial charge in [-0.3, -0.25) is 29.4 Å². The number of carbonyl (C=O) groups excluding carboxylic acids is 4. The molecule has 0 spiro atoms. The average molecular weight is 452 g/mol. The van der Waals surface area contributed by atoms with Crippen LogP contribution in [0.2, 0.25) is 0 Å². The van der Waals surface area contributed by atoms with Gasteiger partial charge >= 0.3 is 0 Å². The number of amides is 4. The van der Waals surface area contributed by atoms with Gasteiger partial charge in [0.2, 0.25) is 11.8 Å². The van der Waals surface area contributed by atoms with Crippen molar-refractivity contribution in [3.63, 3.8) is 0 Å². The van der Waals surface area contributed by atoms with Crippen molar-refractivity contribution in [1.82, 2.24) is 10.2 Å². The zero-order valence-corrected chi connectivity index (χ0v) is 17.8. The maximum atomic E-state index is 13.0. The Bertz CT molecular complexity index is 1100. The molecule has 0 saturated carbocycles. The van der Waals surface area contributed by atoms with Gasteiger partial charge < -0.3 is 20.5 Å². The molecule has 33 heavy (non-hydrogen) atoms. The summed E-state index contributed by atoms with van der Waals surface area (Å²) >= 11 is 0. The Morgan fingerprint density at radius 2 is 1.82 bits per heavy atom. The number of anilines is 2. The number of rotatable bonds is 9. The number of imide groups is 2. The lowest BCUT2D eigenvalue weighted by atomic mass is 10.0. The Kier molecular flexibility index (Phi) is 6.55. The largest absolute Gasteiger partial charge is 0.489 e. The van der Waals surface area contributed by atoms with Crippen molar-refractivity contribution in [1.29, 1.82) is 0 Å². The van der Waals surface area contributed by atoms with Gasteiger partial charge in [0.25, 0.3) is 11.8 Å². The van der Waals surface area contributed by atoms with E-state index < -0.39 is 29.7 Å². The van der Waals surface area contributed by atoms with Crippen LogP contribution in [0, 0.1) is 0 Å². The van der Waals surface area contributed by atoms with Crippen LogP contribution >= 0.6 is 0 Å². The summed E-state index contributed by atoms with van der Waals surface area (Å²) < 4.78 is 11.1. The highest BCUT2D eigenvalue weighted by atomic mass is 16.5. The molecule has 4 amide bonds. The molecule has 4 rings (SSSR count). The number of fused-ring (bicyclic) bond motifs is 1. The van der Waals surface area contributed by atoms with Gasteiger partial charge in [-0.2, -0.15) is 0 Å². The third-order valence-corrected chi connectivity index (χ3v) is 5.43. The number of hydrogen-bond acceptors (Lipinski definition) is 8. The molecule has 1 unspecified atom stereocenters. The number of nitrogens with two attached hydrogens (primary N) is 1. The number of nitrogen functional groups attached to an aromatic ring is 1. The van der Waals surface area contributed by atoms with Gasteiger partial charge in [0.1, 0.15) is 18.4 Å². The minimum Gasteiger partial charge on any atom is -0.489 e. The second-order valence-electron chi connectivity index (χ2n) is 7.60. The summed E-state index contributed by atoms with van der Waals surface area (Å²) in [6.07, 6.45) is 0.191. The van der Waals surface area contributed by atoms with Crippen LogP contribution in [-0.4, -0.2) is 60.9 Å². The number of nitrogens with one attached hydrogen (secondary N) is 2. The normalized spacial score (nSPS) is 17.7. The fourth-order valence-corrected chi connectivity index (χ4v) is 3.84. The SMILES string of the molecule is Nc1ccccc1OCCOCCNc1cccc2c1C(=O)N(C1CCC(=O)NC1=O)C2=O.